The van der Waals surface area contributed by atoms with E-state index in [4.69, 9.17) is 11.6 Å². The Kier molecular flexibility index (Phi) is 5.52. The smallest absolute Gasteiger partial charge is 0.168 e. The molecule has 0 amide bonds. The monoisotopic (exact) mass is 360 g/mol. The number of piperidine rings is 1. The molecular formula is C18H19ClN3OS+. The summed E-state index contributed by atoms with van der Waals surface area (Å²) >= 11 is 7.29. The summed E-state index contributed by atoms with van der Waals surface area (Å²) in [6, 6.07) is 9.55. The number of likely N-dealkylation sites (tertiary alicyclic amines) is 1. The minimum Gasteiger partial charge on any atom is -0.506 e. The van der Waals surface area contributed by atoms with Gasteiger partial charge in [0.1, 0.15) is 23.2 Å². The molecule has 2 N–H and O–H groups in total. The number of nitriles is 1. The highest BCUT2D eigenvalue weighted by Crippen LogP contribution is 2.27. The van der Waals surface area contributed by atoms with E-state index >= 15 is 0 Å². The first-order chi connectivity index (χ1) is 11.7. The summed E-state index contributed by atoms with van der Waals surface area (Å²) in [6.07, 6.45) is 3.63. The Morgan fingerprint density at radius 3 is 2.62 bits per heavy atom. The first-order valence-corrected chi connectivity index (χ1v) is 9.31. The summed E-state index contributed by atoms with van der Waals surface area (Å²) < 4.78 is 0. The maximum absolute atomic E-state index is 10.4. The zero-order valence-corrected chi connectivity index (χ0v) is 14.8. The number of halogens is 1. The van der Waals surface area contributed by atoms with Gasteiger partial charge in [0.25, 0.3) is 0 Å². The predicted molar refractivity (Wildman–Crippen MR) is 97.1 cm³/mol. The molecule has 2 heterocycles. The van der Waals surface area contributed by atoms with Crippen LogP contribution in [0.25, 0.3) is 16.8 Å². The lowest BCUT2D eigenvalue weighted by Gasteiger charge is -2.23. The molecule has 1 aromatic heterocycles. The number of quaternary nitrogens is 1. The summed E-state index contributed by atoms with van der Waals surface area (Å²) in [7, 11) is 0. The molecule has 0 aliphatic carbocycles. The van der Waals surface area contributed by atoms with Crippen LogP contribution in [0.15, 0.2) is 35.4 Å². The number of aromatic nitrogens is 1. The van der Waals surface area contributed by atoms with Crippen LogP contribution in [0.4, 0.5) is 0 Å². The number of aliphatic hydroxyl groups is 1. The van der Waals surface area contributed by atoms with Crippen LogP contribution in [0, 0.1) is 11.3 Å². The van der Waals surface area contributed by atoms with Gasteiger partial charge in [-0.3, -0.25) is 0 Å². The number of rotatable bonds is 4. The van der Waals surface area contributed by atoms with Gasteiger partial charge in [0.05, 0.1) is 18.8 Å². The second-order valence-corrected chi connectivity index (χ2v) is 7.26. The largest absolute Gasteiger partial charge is 0.506 e. The van der Waals surface area contributed by atoms with Crippen molar-refractivity contribution >= 4 is 28.5 Å². The minimum atomic E-state index is 0.145. The van der Waals surface area contributed by atoms with Crippen LogP contribution in [-0.2, 0) is 0 Å². The van der Waals surface area contributed by atoms with Crippen molar-refractivity contribution in [2.75, 3.05) is 19.6 Å². The molecule has 0 bridgehead atoms. The highest BCUT2D eigenvalue weighted by atomic mass is 35.5. The van der Waals surface area contributed by atoms with Gasteiger partial charge < -0.3 is 10.0 Å². The Bertz CT molecular complexity index is 770. The number of thiazole rings is 1. The van der Waals surface area contributed by atoms with Gasteiger partial charge in [-0.25, -0.2) is 4.98 Å². The number of nitrogens with one attached hydrogen (secondary N) is 1. The average Bonchev–Trinajstić information content (AvgIpc) is 3.07. The van der Waals surface area contributed by atoms with Crippen molar-refractivity contribution < 1.29 is 10.0 Å². The zero-order chi connectivity index (χ0) is 16.9. The second kappa shape index (κ2) is 7.80. The summed E-state index contributed by atoms with van der Waals surface area (Å²) in [5.74, 6) is 0.145. The molecule has 1 aliphatic heterocycles. The van der Waals surface area contributed by atoms with E-state index in [0.717, 1.165) is 24.3 Å². The highest BCUT2D eigenvalue weighted by molar-refractivity contribution is 7.11. The van der Waals surface area contributed by atoms with Crippen LogP contribution < -0.4 is 4.90 Å². The molecule has 0 radical (unpaired) electrons. The van der Waals surface area contributed by atoms with Crippen LogP contribution in [-0.4, -0.2) is 29.7 Å². The van der Waals surface area contributed by atoms with Crippen molar-refractivity contribution in [1.29, 1.82) is 5.26 Å². The fourth-order valence-corrected chi connectivity index (χ4v) is 3.90. The van der Waals surface area contributed by atoms with Crippen molar-refractivity contribution in [2.24, 2.45) is 0 Å². The van der Waals surface area contributed by atoms with Crippen LogP contribution >= 0.6 is 22.9 Å². The predicted octanol–water partition coefficient (Wildman–Crippen LogP) is 3.32. The van der Waals surface area contributed by atoms with E-state index in [2.05, 4.69) is 11.1 Å². The molecule has 1 aromatic carbocycles. The second-order valence-electron chi connectivity index (χ2n) is 5.97. The molecule has 1 fully saturated rings. The van der Waals surface area contributed by atoms with Gasteiger partial charge >= 0.3 is 0 Å². The standard InChI is InChI=1S/C18H18ClN3OS/c19-14-6-4-13(5-7-14)16-12-24-18(21-16)15(10-20)17(23)11-22-8-2-1-3-9-22/h4-7,12,23H,1-3,8-9,11H2/p+1/b17-15-. The Morgan fingerprint density at radius 2 is 1.96 bits per heavy atom. The van der Waals surface area contributed by atoms with Gasteiger partial charge in [0, 0.05) is 16.0 Å². The van der Waals surface area contributed by atoms with Crippen molar-refractivity contribution in [2.45, 2.75) is 19.3 Å². The Labute approximate surface area is 150 Å². The van der Waals surface area contributed by atoms with Gasteiger partial charge in [-0.05, 0) is 31.4 Å². The molecular weight excluding hydrogens is 342 g/mol. The molecule has 1 aliphatic rings. The normalized spacial score (nSPS) is 16.5. The van der Waals surface area contributed by atoms with Gasteiger partial charge in [0.15, 0.2) is 5.76 Å². The van der Waals surface area contributed by atoms with Crippen molar-refractivity contribution in [1.82, 2.24) is 4.98 Å². The minimum absolute atomic E-state index is 0.145. The first-order valence-electron chi connectivity index (χ1n) is 8.05. The van der Waals surface area contributed by atoms with Crippen molar-refractivity contribution in [3.8, 4) is 17.3 Å². The van der Waals surface area contributed by atoms with Crippen molar-refractivity contribution in [3.05, 3.63) is 45.4 Å². The van der Waals surface area contributed by atoms with E-state index < -0.39 is 0 Å². The van der Waals surface area contributed by atoms with E-state index in [1.165, 1.54) is 35.5 Å². The number of aliphatic hydroxyl groups excluding tert-OH is 1. The van der Waals surface area contributed by atoms with Crippen molar-refractivity contribution in [3.63, 3.8) is 0 Å². The maximum Gasteiger partial charge on any atom is 0.168 e. The molecule has 3 rings (SSSR count). The molecule has 0 spiro atoms. The van der Waals surface area contributed by atoms with Gasteiger partial charge in [0.2, 0.25) is 0 Å². The molecule has 1 saturated heterocycles. The molecule has 124 valence electrons. The van der Waals surface area contributed by atoms with E-state index in [0.29, 0.717) is 22.1 Å². The zero-order valence-electron chi connectivity index (χ0n) is 13.3. The topological polar surface area (TPSA) is 61.3 Å². The number of hydrogen-bond acceptors (Lipinski definition) is 4. The fraction of sp³-hybridized carbons (Fsp3) is 0.333. The highest BCUT2D eigenvalue weighted by Gasteiger charge is 2.20. The van der Waals surface area contributed by atoms with E-state index in [9.17, 15) is 10.4 Å². The number of benzene rings is 1. The summed E-state index contributed by atoms with van der Waals surface area (Å²) in [4.78, 5) is 5.86. The van der Waals surface area contributed by atoms with E-state index in [-0.39, 0.29) is 5.76 Å². The number of hydrogen-bond donors (Lipinski definition) is 2. The maximum atomic E-state index is 10.4. The van der Waals surface area contributed by atoms with Crippen LogP contribution in [0.5, 0.6) is 0 Å². The van der Waals surface area contributed by atoms with Gasteiger partial charge in [-0.15, -0.1) is 11.3 Å². The number of allylic oxidation sites excluding steroid dienone is 1. The lowest BCUT2D eigenvalue weighted by atomic mass is 10.1. The third kappa shape index (κ3) is 3.96. The number of nitrogens with zero attached hydrogens (tertiary/aromatic N) is 2. The lowest BCUT2D eigenvalue weighted by molar-refractivity contribution is -0.901. The molecule has 24 heavy (non-hydrogen) atoms. The SMILES string of the molecule is N#C/C(=C(/O)C[NH+]1CCCCC1)c1nc(-c2ccc(Cl)cc2)cs1. The average molecular weight is 361 g/mol. The Balaban J connectivity index is 1.81. The molecule has 2 aromatic rings. The molecule has 6 heteroatoms. The van der Waals surface area contributed by atoms with E-state index in [1.54, 1.807) is 0 Å². The Morgan fingerprint density at radius 1 is 1.25 bits per heavy atom. The Hall–Kier alpha value is -1.87. The molecule has 0 unspecified atom stereocenters. The third-order valence-electron chi connectivity index (χ3n) is 4.24. The molecule has 4 nitrogen and oxygen atoms in total. The van der Waals surface area contributed by atoms with Crippen LogP contribution in [0.1, 0.15) is 24.3 Å². The fourth-order valence-electron chi connectivity index (χ4n) is 2.93. The van der Waals surface area contributed by atoms with Gasteiger partial charge in [-0.1, -0.05) is 23.7 Å². The van der Waals surface area contributed by atoms with Crippen LogP contribution in [0.3, 0.4) is 0 Å². The third-order valence-corrected chi connectivity index (χ3v) is 5.35. The van der Waals surface area contributed by atoms with Crippen LogP contribution in [0.2, 0.25) is 5.02 Å². The molecule has 0 saturated carbocycles. The summed E-state index contributed by atoms with van der Waals surface area (Å²) in [5.41, 5.74) is 2.02. The lowest BCUT2D eigenvalue weighted by Crippen LogP contribution is -3.13. The molecule has 0 atom stereocenters. The van der Waals surface area contributed by atoms with E-state index in [1.807, 2.05) is 29.6 Å². The summed E-state index contributed by atoms with van der Waals surface area (Å²) in [6.45, 7) is 2.60. The first kappa shape index (κ1) is 17.0. The quantitative estimate of drug-likeness (QED) is 0.649. The summed E-state index contributed by atoms with van der Waals surface area (Å²) in [5, 5.41) is 23.0. The van der Waals surface area contributed by atoms with Gasteiger partial charge in [-0.2, -0.15) is 5.26 Å².